The molecule has 1 aromatic rings. The zero-order valence-electron chi connectivity index (χ0n) is 14.0. The summed E-state index contributed by atoms with van der Waals surface area (Å²) in [6, 6.07) is 7.82. The third-order valence-electron chi connectivity index (χ3n) is 3.86. The largest absolute Gasteiger partial charge is 0.469 e. The Kier molecular flexibility index (Phi) is 8.02. The van der Waals surface area contributed by atoms with Crippen LogP contribution >= 0.6 is 0 Å². The van der Waals surface area contributed by atoms with E-state index >= 15 is 0 Å². The van der Waals surface area contributed by atoms with E-state index in [1.54, 1.807) is 0 Å². The molecule has 0 saturated carbocycles. The molecule has 1 aromatic carbocycles. The Morgan fingerprint density at radius 1 is 1.17 bits per heavy atom. The van der Waals surface area contributed by atoms with Gasteiger partial charge < -0.3 is 9.47 Å². The van der Waals surface area contributed by atoms with Crippen molar-refractivity contribution in [2.75, 3.05) is 14.2 Å². The van der Waals surface area contributed by atoms with Crippen molar-refractivity contribution < 1.29 is 23.9 Å². The first-order valence-electron chi connectivity index (χ1n) is 7.73. The number of fused-ring (bicyclic) bond motifs is 1. The second kappa shape index (κ2) is 9.77. The van der Waals surface area contributed by atoms with Gasteiger partial charge in [0.25, 0.3) is 0 Å². The summed E-state index contributed by atoms with van der Waals surface area (Å²) in [4.78, 5) is 32.9. The highest BCUT2D eigenvalue weighted by Crippen LogP contribution is 2.28. The highest BCUT2D eigenvalue weighted by atomic mass is 16.5. The van der Waals surface area contributed by atoms with E-state index < -0.39 is 0 Å². The molecule has 0 N–H and O–H groups in total. The Morgan fingerprint density at radius 2 is 1.83 bits per heavy atom. The third-order valence-corrected chi connectivity index (χ3v) is 3.86. The molecule has 0 heterocycles. The fraction of sp³-hybridized carbons (Fsp3) is 0.500. The number of esters is 2. The number of aryl methyl sites for hydroxylation is 1. The van der Waals surface area contributed by atoms with Crippen LogP contribution in [-0.2, 0) is 25.5 Å². The van der Waals surface area contributed by atoms with Gasteiger partial charge in [0.05, 0.1) is 14.2 Å². The van der Waals surface area contributed by atoms with Crippen LogP contribution in [0.2, 0.25) is 0 Å². The average molecular weight is 320 g/mol. The van der Waals surface area contributed by atoms with Gasteiger partial charge in [-0.3, -0.25) is 14.4 Å². The molecule has 0 radical (unpaired) electrons. The van der Waals surface area contributed by atoms with Gasteiger partial charge in [-0.2, -0.15) is 0 Å². The van der Waals surface area contributed by atoms with E-state index in [4.69, 9.17) is 0 Å². The van der Waals surface area contributed by atoms with Crippen LogP contribution in [0.4, 0.5) is 0 Å². The molecule has 23 heavy (non-hydrogen) atoms. The molecule has 5 heteroatoms. The Hall–Kier alpha value is -2.17. The second-order valence-corrected chi connectivity index (χ2v) is 5.42. The van der Waals surface area contributed by atoms with Crippen molar-refractivity contribution in [3.63, 3.8) is 0 Å². The number of carbonyl (C=O) groups excluding carboxylic acids is 3. The zero-order valence-corrected chi connectivity index (χ0v) is 14.0. The molecule has 0 aromatic heterocycles. The maximum Gasteiger partial charge on any atom is 0.305 e. The van der Waals surface area contributed by atoms with E-state index in [2.05, 4.69) is 9.47 Å². The molecule has 0 fully saturated rings. The Labute approximate surface area is 137 Å². The lowest BCUT2D eigenvalue weighted by molar-refractivity contribution is -0.141. The van der Waals surface area contributed by atoms with E-state index in [1.165, 1.54) is 21.1 Å². The molecular formula is C18H24O5. The van der Waals surface area contributed by atoms with Crippen LogP contribution in [0.5, 0.6) is 0 Å². The fourth-order valence-corrected chi connectivity index (χ4v) is 2.53. The number of methoxy groups -OCH3 is 2. The summed E-state index contributed by atoms with van der Waals surface area (Å²) < 4.78 is 8.71. The molecular weight excluding hydrogens is 296 g/mol. The highest BCUT2D eigenvalue weighted by molar-refractivity contribution is 6.00. The first kappa shape index (κ1) is 18.9. The maximum atomic E-state index is 12.2. The molecule has 0 amide bonds. The molecule has 1 unspecified atom stereocenters. The molecule has 1 aliphatic rings. The van der Waals surface area contributed by atoms with Gasteiger partial charge in [0.1, 0.15) is 0 Å². The summed E-state index contributed by atoms with van der Waals surface area (Å²) in [6.45, 7) is 1.36. The number of benzene rings is 1. The Balaban J connectivity index is 0.000000463. The summed E-state index contributed by atoms with van der Waals surface area (Å²) in [7, 11) is 2.74. The zero-order chi connectivity index (χ0) is 17.2. The fourth-order valence-electron chi connectivity index (χ4n) is 2.53. The van der Waals surface area contributed by atoms with Gasteiger partial charge in [0.2, 0.25) is 0 Å². The van der Waals surface area contributed by atoms with Crippen molar-refractivity contribution >= 4 is 17.7 Å². The second-order valence-electron chi connectivity index (χ2n) is 5.42. The molecule has 0 bridgehead atoms. The molecule has 0 spiro atoms. The van der Waals surface area contributed by atoms with Crippen molar-refractivity contribution in [3.05, 3.63) is 35.4 Å². The predicted octanol–water partition coefficient (Wildman–Crippen LogP) is 2.95. The van der Waals surface area contributed by atoms with E-state index in [9.17, 15) is 14.4 Å². The minimum absolute atomic E-state index is 0.0737. The van der Waals surface area contributed by atoms with Gasteiger partial charge in [-0.1, -0.05) is 24.3 Å². The minimum Gasteiger partial charge on any atom is -0.469 e. The van der Waals surface area contributed by atoms with E-state index in [0.717, 1.165) is 36.8 Å². The van der Waals surface area contributed by atoms with Crippen molar-refractivity contribution in [1.82, 2.24) is 0 Å². The van der Waals surface area contributed by atoms with E-state index in [0.29, 0.717) is 6.42 Å². The van der Waals surface area contributed by atoms with Crippen LogP contribution in [0.3, 0.4) is 0 Å². The first-order chi connectivity index (χ1) is 11.0. The average Bonchev–Trinajstić information content (AvgIpc) is 2.57. The lowest BCUT2D eigenvalue weighted by Crippen LogP contribution is -2.22. The summed E-state index contributed by atoms with van der Waals surface area (Å²) in [5, 5.41) is 0. The van der Waals surface area contributed by atoms with E-state index in [1.807, 2.05) is 24.3 Å². The van der Waals surface area contributed by atoms with Gasteiger partial charge >= 0.3 is 11.9 Å². The molecule has 0 saturated heterocycles. The van der Waals surface area contributed by atoms with Crippen molar-refractivity contribution in [3.8, 4) is 0 Å². The monoisotopic (exact) mass is 320 g/mol. The number of ketones is 1. The smallest absolute Gasteiger partial charge is 0.305 e. The lowest BCUT2D eigenvalue weighted by atomic mass is 9.80. The lowest BCUT2D eigenvalue weighted by Gasteiger charge is -2.22. The summed E-state index contributed by atoms with van der Waals surface area (Å²) in [6.07, 6.45) is 3.78. The number of Topliss-reactive ketones (excluding diaryl/α,β-unsaturated/α-hetero) is 1. The number of carbonyl (C=O) groups is 3. The van der Waals surface area contributed by atoms with Crippen LogP contribution in [0, 0.1) is 5.92 Å². The Bertz CT molecular complexity index is 550. The standard InChI is InChI=1S/C15H18O3.C3H6O2/c1-18-14(16)8-4-6-12-10-9-11-5-2-3-7-13(11)15(12)17;1-3(4)5-2/h2-3,5,7,12H,4,6,8-10H2,1H3;1-2H3. The molecule has 1 atom stereocenters. The summed E-state index contributed by atoms with van der Waals surface area (Å²) in [5.41, 5.74) is 2.03. The van der Waals surface area contributed by atoms with Crippen molar-refractivity contribution in [2.45, 2.75) is 39.0 Å². The van der Waals surface area contributed by atoms with Gasteiger partial charge in [0.15, 0.2) is 5.78 Å². The highest BCUT2D eigenvalue weighted by Gasteiger charge is 2.26. The minimum atomic E-state index is -0.245. The molecule has 126 valence electrons. The molecule has 5 nitrogen and oxygen atoms in total. The third kappa shape index (κ3) is 6.22. The van der Waals surface area contributed by atoms with E-state index in [-0.39, 0.29) is 23.6 Å². The Morgan fingerprint density at radius 3 is 2.43 bits per heavy atom. The van der Waals surface area contributed by atoms with Crippen LogP contribution in [-0.4, -0.2) is 31.9 Å². The van der Waals surface area contributed by atoms with Crippen LogP contribution in [0.15, 0.2) is 24.3 Å². The topological polar surface area (TPSA) is 69.7 Å². The van der Waals surface area contributed by atoms with Crippen LogP contribution in [0.1, 0.15) is 48.5 Å². The molecule has 2 rings (SSSR count). The van der Waals surface area contributed by atoms with Gasteiger partial charge in [-0.05, 0) is 31.2 Å². The quantitative estimate of drug-likeness (QED) is 0.798. The number of hydrogen-bond acceptors (Lipinski definition) is 5. The first-order valence-corrected chi connectivity index (χ1v) is 7.73. The number of ether oxygens (including phenoxy) is 2. The summed E-state index contributed by atoms with van der Waals surface area (Å²) >= 11 is 0. The SMILES string of the molecule is COC(=O)CCCC1CCc2ccccc2C1=O.COC(C)=O. The van der Waals surface area contributed by atoms with Gasteiger partial charge in [-0.25, -0.2) is 0 Å². The normalized spacial score (nSPS) is 15.8. The molecule has 1 aliphatic carbocycles. The van der Waals surface area contributed by atoms with Gasteiger partial charge in [-0.15, -0.1) is 0 Å². The molecule has 0 aliphatic heterocycles. The number of rotatable bonds is 4. The van der Waals surface area contributed by atoms with Crippen LogP contribution in [0.25, 0.3) is 0 Å². The van der Waals surface area contributed by atoms with Crippen molar-refractivity contribution in [1.29, 1.82) is 0 Å². The predicted molar refractivity (Wildman–Crippen MR) is 86.1 cm³/mol. The van der Waals surface area contributed by atoms with Gasteiger partial charge in [0, 0.05) is 24.8 Å². The van der Waals surface area contributed by atoms with Crippen LogP contribution < -0.4 is 0 Å². The maximum absolute atomic E-state index is 12.2. The van der Waals surface area contributed by atoms with Crippen molar-refractivity contribution in [2.24, 2.45) is 5.92 Å². The number of hydrogen-bond donors (Lipinski definition) is 0. The summed E-state index contributed by atoms with van der Waals surface area (Å²) in [5.74, 6) is -0.130.